The first-order valence-electron chi connectivity index (χ1n) is 6.40. The molecule has 1 aromatic carbocycles. The van der Waals surface area contributed by atoms with E-state index < -0.39 is 0 Å². The summed E-state index contributed by atoms with van der Waals surface area (Å²) in [7, 11) is 3.53. The second kappa shape index (κ2) is 6.39. The van der Waals surface area contributed by atoms with Gasteiger partial charge in [0.25, 0.3) is 0 Å². The van der Waals surface area contributed by atoms with Crippen molar-refractivity contribution in [3.8, 4) is 5.75 Å². The molecule has 0 aromatic heterocycles. The molecule has 19 heavy (non-hydrogen) atoms. The molecule has 4 nitrogen and oxygen atoms in total. The minimum Gasteiger partial charge on any atom is -0.496 e. The van der Waals surface area contributed by atoms with Crippen molar-refractivity contribution >= 4 is 21.8 Å². The lowest BCUT2D eigenvalue weighted by Gasteiger charge is -2.30. The average molecular weight is 327 g/mol. The molecule has 0 spiro atoms. The Bertz CT molecular complexity index is 461. The quantitative estimate of drug-likeness (QED) is 0.895. The van der Waals surface area contributed by atoms with Crippen LogP contribution in [0.3, 0.4) is 0 Å². The molecule has 1 fully saturated rings. The Morgan fingerprint density at radius 3 is 2.84 bits per heavy atom. The molecular formula is C14H19BrN2O2. The molecular weight excluding hydrogens is 308 g/mol. The number of hydrogen-bond donors (Lipinski definition) is 1. The van der Waals surface area contributed by atoms with Crippen LogP contribution in [0, 0.1) is 5.92 Å². The zero-order valence-electron chi connectivity index (χ0n) is 11.3. The number of carbonyl (C=O) groups is 1. The van der Waals surface area contributed by atoms with E-state index in [0.29, 0.717) is 6.54 Å². The minimum atomic E-state index is 0.161. The Balaban J connectivity index is 1.94. The molecule has 0 saturated carbocycles. The summed E-state index contributed by atoms with van der Waals surface area (Å²) < 4.78 is 6.37. The molecule has 1 aliphatic rings. The number of rotatable bonds is 5. The van der Waals surface area contributed by atoms with Gasteiger partial charge in [-0.1, -0.05) is 15.9 Å². The van der Waals surface area contributed by atoms with Crippen LogP contribution in [-0.4, -0.2) is 44.6 Å². The van der Waals surface area contributed by atoms with Crippen molar-refractivity contribution in [1.82, 2.24) is 10.2 Å². The van der Waals surface area contributed by atoms with Crippen molar-refractivity contribution in [2.45, 2.75) is 6.42 Å². The molecule has 1 N–H and O–H groups in total. The number of nitrogens with zero attached hydrogens (tertiary/aromatic N) is 1. The van der Waals surface area contributed by atoms with Gasteiger partial charge in [-0.2, -0.15) is 0 Å². The van der Waals surface area contributed by atoms with Gasteiger partial charge in [0.05, 0.1) is 13.0 Å². The number of methoxy groups -OCH3 is 1. The van der Waals surface area contributed by atoms with E-state index in [-0.39, 0.29) is 11.8 Å². The van der Waals surface area contributed by atoms with Crippen LogP contribution in [0.2, 0.25) is 0 Å². The van der Waals surface area contributed by atoms with E-state index >= 15 is 0 Å². The Kier molecular flexibility index (Phi) is 4.82. The maximum absolute atomic E-state index is 12.0. The molecule has 0 bridgehead atoms. The molecule has 0 atom stereocenters. The fourth-order valence-corrected chi connectivity index (χ4v) is 2.52. The smallest absolute Gasteiger partial charge is 0.228 e. The van der Waals surface area contributed by atoms with Gasteiger partial charge in [-0.25, -0.2) is 0 Å². The summed E-state index contributed by atoms with van der Waals surface area (Å²) in [6.45, 7) is 2.33. The predicted octanol–water partition coefficient (Wildman–Crippen LogP) is 1.68. The predicted molar refractivity (Wildman–Crippen MR) is 78.4 cm³/mol. The summed E-state index contributed by atoms with van der Waals surface area (Å²) in [6.07, 6.45) is 0.797. The van der Waals surface area contributed by atoms with Gasteiger partial charge < -0.3 is 15.0 Å². The third-order valence-electron chi connectivity index (χ3n) is 3.47. The zero-order chi connectivity index (χ0) is 13.8. The number of carbonyl (C=O) groups excluding carboxylic acids is 1. The fourth-order valence-electron chi connectivity index (χ4n) is 2.12. The van der Waals surface area contributed by atoms with Crippen molar-refractivity contribution in [1.29, 1.82) is 0 Å². The molecule has 1 saturated heterocycles. The van der Waals surface area contributed by atoms with Crippen LogP contribution in [0.5, 0.6) is 5.75 Å². The molecule has 1 aromatic rings. The third kappa shape index (κ3) is 3.48. The zero-order valence-corrected chi connectivity index (χ0v) is 12.9. The monoisotopic (exact) mass is 326 g/mol. The summed E-state index contributed by atoms with van der Waals surface area (Å²) in [4.78, 5) is 13.8. The van der Waals surface area contributed by atoms with Crippen molar-refractivity contribution < 1.29 is 9.53 Å². The van der Waals surface area contributed by atoms with Gasteiger partial charge in [0.1, 0.15) is 5.75 Å². The normalized spacial score (nSPS) is 14.9. The van der Waals surface area contributed by atoms with E-state index in [1.54, 1.807) is 7.11 Å². The fraction of sp³-hybridized carbons (Fsp3) is 0.500. The van der Waals surface area contributed by atoms with E-state index in [4.69, 9.17) is 4.74 Å². The highest BCUT2D eigenvalue weighted by Gasteiger charge is 2.27. The largest absolute Gasteiger partial charge is 0.496 e. The first kappa shape index (κ1) is 14.3. The topological polar surface area (TPSA) is 41.6 Å². The van der Waals surface area contributed by atoms with Gasteiger partial charge >= 0.3 is 0 Å². The highest BCUT2D eigenvalue weighted by atomic mass is 79.9. The van der Waals surface area contributed by atoms with E-state index in [2.05, 4.69) is 21.2 Å². The van der Waals surface area contributed by atoms with Crippen molar-refractivity contribution in [3.05, 3.63) is 28.2 Å². The Morgan fingerprint density at radius 1 is 1.53 bits per heavy atom. The highest BCUT2D eigenvalue weighted by Crippen LogP contribution is 2.23. The molecule has 1 amide bonds. The summed E-state index contributed by atoms with van der Waals surface area (Å²) in [5.41, 5.74) is 1.11. The first-order valence-corrected chi connectivity index (χ1v) is 7.19. The Morgan fingerprint density at radius 2 is 2.26 bits per heavy atom. The van der Waals surface area contributed by atoms with Crippen molar-refractivity contribution in [3.63, 3.8) is 0 Å². The molecule has 0 radical (unpaired) electrons. The van der Waals surface area contributed by atoms with Crippen molar-refractivity contribution in [2.75, 3.05) is 33.8 Å². The van der Waals surface area contributed by atoms with Gasteiger partial charge in [-0.05, 0) is 30.2 Å². The second-order valence-corrected chi connectivity index (χ2v) is 5.74. The van der Waals surface area contributed by atoms with Crippen LogP contribution in [0.15, 0.2) is 22.7 Å². The lowest BCUT2D eigenvalue weighted by molar-refractivity contribution is -0.135. The van der Waals surface area contributed by atoms with Crippen molar-refractivity contribution in [2.24, 2.45) is 5.92 Å². The van der Waals surface area contributed by atoms with Crippen LogP contribution in [0.4, 0.5) is 0 Å². The summed E-state index contributed by atoms with van der Waals surface area (Å²) in [6, 6.07) is 5.94. The molecule has 1 heterocycles. The number of amides is 1. The van der Waals surface area contributed by atoms with Crippen LogP contribution in [0.25, 0.3) is 0 Å². The molecule has 5 heteroatoms. The van der Waals surface area contributed by atoms with E-state index in [1.807, 2.05) is 30.1 Å². The van der Waals surface area contributed by atoms with E-state index in [1.165, 1.54) is 0 Å². The maximum Gasteiger partial charge on any atom is 0.228 e. The maximum atomic E-state index is 12.0. The molecule has 0 unspecified atom stereocenters. The van der Waals surface area contributed by atoms with Gasteiger partial charge in [0.15, 0.2) is 0 Å². The number of ether oxygens (including phenoxy) is 1. The van der Waals surface area contributed by atoms with Crippen LogP contribution in [-0.2, 0) is 11.2 Å². The van der Waals surface area contributed by atoms with Gasteiger partial charge in [0.2, 0.25) is 5.91 Å². The molecule has 104 valence electrons. The highest BCUT2D eigenvalue weighted by molar-refractivity contribution is 9.10. The standard InChI is InChI=1S/C14H19BrN2O2/c1-17(14(18)11-8-16-9-11)6-5-10-7-12(15)3-4-13(10)19-2/h3-4,7,11,16H,5-6,8-9H2,1-2H3. The Labute approximate surface area is 122 Å². The second-order valence-electron chi connectivity index (χ2n) is 4.82. The number of likely N-dealkylation sites (N-methyl/N-ethyl adjacent to an activating group) is 1. The number of hydrogen-bond acceptors (Lipinski definition) is 3. The Hall–Kier alpha value is -1.07. The summed E-state index contributed by atoms with van der Waals surface area (Å²) in [5.74, 6) is 1.26. The lowest BCUT2D eigenvalue weighted by atomic mass is 10.0. The SMILES string of the molecule is COc1ccc(Br)cc1CCN(C)C(=O)C1CNC1. The number of benzene rings is 1. The minimum absolute atomic E-state index is 0.161. The number of halogens is 1. The third-order valence-corrected chi connectivity index (χ3v) is 3.96. The number of nitrogens with one attached hydrogen (secondary N) is 1. The van der Waals surface area contributed by atoms with Gasteiger partial charge in [-0.3, -0.25) is 4.79 Å². The van der Waals surface area contributed by atoms with Crippen LogP contribution >= 0.6 is 15.9 Å². The van der Waals surface area contributed by atoms with Crippen LogP contribution in [0.1, 0.15) is 5.56 Å². The molecule has 0 aliphatic carbocycles. The molecule has 1 aliphatic heterocycles. The summed E-state index contributed by atoms with van der Waals surface area (Å²) >= 11 is 3.46. The van der Waals surface area contributed by atoms with Crippen LogP contribution < -0.4 is 10.1 Å². The lowest BCUT2D eigenvalue weighted by Crippen LogP contribution is -2.51. The summed E-state index contributed by atoms with van der Waals surface area (Å²) in [5, 5.41) is 3.12. The van der Waals surface area contributed by atoms with E-state index in [0.717, 1.165) is 35.3 Å². The van der Waals surface area contributed by atoms with E-state index in [9.17, 15) is 4.79 Å². The van der Waals surface area contributed by atoms with Gasteiger partial charge in [0, 0.05) is 31.2 Å². The first-order chi connectivity index (χ1) is 9.11. The molecule has 2 rings (SSSR count). The average Bonchev–Trinajstić information content (AvgIpc) is 2.34. The van der Waals surface area contributed by atoms with Gasteiger partial charge in [-0.15, -0.1) is 0 Å².